The summed E-state index contributed by atoms with van der Waals surface area (Å²) in [6, 6.07) is 16.3. The number of H-pyrrole nitrogens is 1. The highest BCUT2D eigenvalue weighted by Crippen LogP contribution is 2.43. The summed E-state index contributed by atoms with van der Waals surface area (Å²) in [5.74, 6) is 0.790. The Bertz CT molecular complexity index is 1080. The van der Waals surface area contributed by atoms with E-state index in [9.17, 15) is 0 Å². The maximum absolute atomic E-state index is 8.36. The lowest BCUT2D eigenvalue weighted by Gasteiger charge is -2.31. The van der Waals surface area contributed by atoms with Crippen LogP contribution in [0, 0.1) is 10.1 Å². The Morgan fingerprint density at radius 2 is 2.00 bits per heavy atom. The lowest BCUT2D eigenvalue weighted by atomic mass is 9.86. The number of aromatic nitrogens is 2. The van der Waals surface area contributed by atoms with Gasteiger partial charge in [0.1, 0.15) is 5.82 Å². The van der Waals surface area contributed by atoms with E-state index in [2.05, 4.69) is 33.5 Å². The summed E-state index contributed by atoms with van der Waals surface area (Å²) in [7, 11) is 1.74. The highest BCUT2D eigenvalue weighted by atomic mass is 35.5. The highest BCUT2D eigenvalue weighted by molar-refractivity contribution is 7.18. The van der Waals surface area contributed by atoms with Crippen molar-refractivity contribution in [2.24, 2.45) is 0 Å². The molecule has 0 aliphatic carbocycles. The van der Waals surface area contributed by atoms with Gasteiger partial charge in [-0.25, -0.2) is 4.98 Å². The second kappa shape index (κ2) is 9.04. The number of fused-ring (bicyclic) bond motifs is 1. The van der Waals surface area contributed by atoms with E-state index >= 15 is 0 Å². The molecule has 0 radical (unpaired) electrons. The zero-order valence-corrected chi connectivity index (χ0v) is 17.0. The lowest BCUT2D eigenvalue weighted by Crippen LogP contribution is -2.34. The minimum absolute atomic E-state index is 0.677. The number of imidazole rings is 1. The predicted octanol–water partition coefficient (Wildman–Crippen LogP) is 5.06. The first-order valence-corrected chi connectivity index (χ1v) is 9.82. The molecule has 0 spiro atoms. The van der Waals surface area contributed by atoms with Crippen molar-refractivity contribution in [2.75, 3.05) is 7.11 Å². The number of nitrogens with one attached hydrogen (secondary N) is 1. The molecule has 2 heterocycles. The molecule has 2 N–H and O–H groups in total. The van der Waals surface area contributed by atoms with Crippen LogP contribution >= 0.6 is 22.9 Å². The van der Waals surface area contributed by atoms with Crippen LogP contribution in [0.5, 0.6) is 0 Å². The molecule has 29 heavy (non-hydrogen) atoms. The molecule has 1 unspecified atom stereocenters. The molecule has 0 aliphatic rings. The molecule has 7 nitrogen and oxygen atoms in total. The van der Waals surface area contributed by atoms with Gasteiger partial charge >= 0.3 is 0 Å². The Hall–Kier alpha value is -2.94. The van der Waals surface area contributed by atoms with Crippen molar-refractivity contribution in [3.8, 4) is 0 Å². The minimum atomic E-state index is -1.50. The number of ether oxygens (including phenoxy) is 1. The molecule has 1 atom stereocenters. The number of hydrogen-bond donors (Lipinski definition) is 2. The predicted molar refractivity (Wildman–Crippen MR) is 112 cm³/mol. The summed E-state index contributed by atoms with van der Waals surface area (Å²) in [6.45, 7) is 0. The smallest absolute Gasteiger partial charge is 0.291 e. The molecular formula is C20H18ClN3O4S. The summed E-state index contributed by atoms with van der Waals surface area (Å²) in [6.07, 6.45) is 4.27. The van der Waals surface area contributed by atoms with Gasteiger partial charge in [0.25, 0.3) is 5.09 Å². The van der Waals surface area contributed by atoms with E-state index in [1.165, 1.54) is 5.56 Å². The van der Waals surface area contributed by atoms with Crippen LogP contribution in [0.1, 0.15) is 17.0 Å². The van der Waals surface area contributed by atoms with Crippen LogP contribution in [0.3, 0.4) is 0 Å². The Balaban J connectivity index is 0.000000552. The largest absolute Gasteiger partial charge is 0.365 e. The molecule has 0 amide bonds. The van der Waals surface area contributed by atoms with Crippen molar-refractivity contribution in [1.29, 1.82) is 0 Å². The molecule has 4 aromatic rings. The Morgan fingerprint density at radius 1 is 1.28 bits per heavy atom. The summed E-state index contributed by atoms with van der Waals surface area (Å²) < 4.78 is 7.22. The first-order valence-electron chi connectivity index (χ1n) is 8.56. The second-order valence-electron chi connectivity index (χ2n) is 6.14. The van der Waals surface area contributed by atoms with Gasteiger partial charge in [-0.2, -0.15) is 0 Å². The summed E-state index contributed by atoms with van der Waals surface area (Å²) in [4.78, 5) is 16.1. The molecule has 9 heteroatoms. The first-order chi connectivity index (χ1) is 14.0. The standard InChI is InChI=1S/C20H17ClN2OS.HNO3/c1-24-20(19-22-10-11-23-19,12-14-6-3-2-4-7-14)16-13-25-18-15(16)8-5-9-17(18)21;2-1(3)4/h2-11,13H,12H2,1H3,(H,22,23);(H,2,3,4). The average molecular weight is 432 g/mol. The number of hydrogen-bond acceptors (Lipinski definition) is 5. The third kappa shape index (κ3) is 4.40. The number of nitrogens with zero attached hydrogens (tertiary/aromatic N) is 2. The van der Waals surface area contributed by atoms with Gasteiger partial charge in [-0.3, -0.25) is 0 Å². The van der Waals surface area contributed by atoms with E-state index in [4.69, 9.17) is 31.7 Å². The first kappa shape index (κ1) is 20.8. The Morgan fingerprint density at radius 3 is 2.62 bits per heavy atom. The van der Waals surface area contributed by atoms with Crippen LogP contribution in [0.4, 0.5) is 0 Å². The molecule has 0 aliphatic heterocycles. The number of halogens is 1. The van der Waals surface area contributed by atoms with Crippen molar-refractivity contribution in [3.63, 3.8) is 0 Å². The van der Waals surface area contributed by atoms with Gasteiger partial charge in [0, 0.05) is 36.9 Å². The van der Waals surface area contributed by atoms with Gasteiger partial charge in [0.2, 0.25) is 0 Å². The fraction of sp³-hybridized carbons (Fsp3) is 0.150. The van der Waals surface area contributed by atoms with E-state index in [1.54, 1.807) is 24.6 Å². The van der Waals surface area contributed by atoms with Crippen molar-refractivity contribution < 1.29 is 15.0 Å². The fourth-order valence-electron chi connectivity index (χ4n) is 3.29. The van der Waals surface area contributed by atoms with Crippen LogP contribution in [0.2, 0.25) is 5.02 Å². The Labute approximate surface area is 175 Å². The zero-order chi connectivity index (χ0) is 20.9. The third-order valence-electron chi connectivity index (χ3n) is 4.51. The van der Waals surface area contributed by atoms with Crippen molar-refractivity contribution in [1.82, 2.24) is 9.97 Å². The van der Waals surface area contributed by atoms with E-state index in [0.29, 0.717) is 6.42 Å². The van der Waals surface area contributed by atoms with E-state index < -0.39 is 10.7 Å². The molecule has 4 rings (SSSR count). The number of methoxy groups -OCH3 is 1. The molecule has 0 saturated carbocycles. The van der Waals surface area contributed by atoms with Crippen LogP contribution in [-0.4, -0.2) is 27.4 Å². The van der Waals surface area contributed by atoms with Crippen LogP contribution in [0.15, 0.2) is 66.3 Å². The quantitative estimate of drug-likeness (QED) is 0.339. The van der Waals surface area contributed by atoms with Crippen molar-refractivity contribution in [3.05, 3.63) is 98.4 Å². The molecular weight excluding hydrogens is 414 g/mol. The third-order valence-corrected chi connectivity index (χ3v) is 5.97. The number of benzene rings is 2. The molecule has 150 valence electrons. The van der Waals surface area contributed by atoms with Gasteiger partial charge < -0.3 is 14.9 Å². The number of rotatable bonds is 5. The summed E-state index contributed by atoms with van der Waals surface area (Å²) in [5.41, 5.74) is 1.56. The summed E-state index contributed by atoms with van der Waals surface area (Å²) in [5, 5.41) is 17.6. The summed E-state index contributed by atoms with van der Waals surface area (Å²) >= 11 is 8.03. The monoisotopic (exact) mass is 431 g/mol. The highest BCUT2D eigenvalue weighted by Gasteiger charge is 2.39. The normalized spacial score (nSPS) is 12.8. The molecule has 2 aromatic carbocycles. The molecule has 0 bridgehead atoms. The van der Waals surface area contributed by atoms with E-state index in [1.807, 2.05) is 36.5 Å². The number of aromatic amines is 1. The van der Waals surface area contributed by atoms with Crippen molar-refractivity contribution in [2.45, 2.75) is 12.0 Å². The lowest BCUT2D eigenvalue weighted by molar-refractivity contribution is -0.742. The maximum atomic E-state index is 8.36. The molecule has 0 fully saturated rings. The zero-order valence-electron chi connectivity index (χ0n) is 15.4. The molecule has 0 saturated heterocycles. The van der Waals surface area contributed by atoms with Crippen molar-refractivity contribution >= 4 is 33.0 Å². The van der Waals surface area contributed by atoms with Crippen LogP contribution in [0.25, 0.3) is 10.1 Å². The van der Waals surface area contributed by atoms with Gasteiger partial charge in [-0.1, -0.05) is 54.1 Å². The average Bonchev–Trinajstić information content (AvgIpc) is 3.38. The van der Waals surface area contributed by atoms with Crippen LogP contribution < -0.4 is 0 Å². The second-order valence-corrected chi connectivity index (χ2v) is 7.42. The van der Waals surface area contributed by atoms with E-state index in [0.717, 1.165) is 26.5 Å². The van der Waals surface area contributed by atoms with Crippen LogP contribution in [-0.2, 0) is 16.8 Å². The number of thiophene rings is 1. The fourth-order valence-corrected chi connectivity index (χ4v) is 4.64. The van der Waals surface area contributed by atoms with E-state index in [-0.39, 0.29) is 0 Å². The minimum Gasteiger partial charge on any atom is -0.365 e. The maximum Gasteiger partial charge on any atom is 0.291 e. The van der Waals surface area contributed by atoms with Gasteiger partial charge in [-0.05, 0) is 17.0 Å². The SMILES string of the molecule is COC(Cc1ccccc1)(c1ncc[nH]1)c1csc2c(Cl)cccc12.O=[N+]([O-])O. The van der Waals surface area contributed by atoms with Gasteiger partial charge in [0.05, 0.1) is 9.72 Å². The van der Waals surface area contributed by atoms with Gasteiger partial charge in [0.15, 0.2) is 5.60 Å². The topological polar surface area (TPSA) is 101 Å². The van der Waals surface area contributed by atoms with Gasteiger partial charge in [-0.15, -0.1) is 21.5 Å². The molecule has 2 aromatic heterocycles. The Kier molecular flexibility index (Phi) is 6.48.